The van der Waals surface area contributed by atoms with Crippen molar-refractivity contribution in [2.45, 2.75) is 57.7 Å². The number of carbonyl (C=O) groups is 1. The van der Waals surface area contributed by atoms with E-state index in [1.54, 1.807) is 16.2 Å². The number of ether oxygens (including phenoxy) is 2. The van der Waals surface area contributed by atoms with E-state index in [2.05, 4.69) is 15.3 Å². The van der Waals surface area contributed by atoms with Crippen molar-refractivity contribution in [3.05, 3.63) is 28.1 Å². The Labute approximate surface area is 184 Å². The van der Waals surface area contributed by atoms with E-state index in [0.29, 0.717) is 19.7 Å². The number of anilines is 1. The number of carbonyl (C=O) groups excluding carboxylic acids is 1. The van der Waals surface area contributed by atoms with E-state index in [1.807, 2.05) is 32.9 Å². The minimum atomic E-state index is -0.568. The van der Waals surface area contributed by atoms with E-state index in [4.69, 9.17) is 14.5 Å². The van der Waals surface area contributed by atoms with Gasteiger partial charge in [0.1, 0.15) is 11.4 Å². The fraction of sp³-hybridized carbons (Fsp3) is 0.619. The Kier molecular flexibility index (Phi) is 4.67. The van der Waals surface area contributed by atoms with Crippen molar-refractivity contribution in [1.29, 1.82) is 0 Å². The highest BCUT2D eigenvalue weighted by atomic mass is 32.1. The number of thiazole rings is 1. The van der Waals surface area contributed by atoms with Crippen LogP contribution in [0.25, 0.3) is 20.7 Å². The van der Waals surface area contributed by atoms with Crippen LogP contribution in [-0.4, -0.2) is 53.4 Å². The van der Waals surface area contributed by atoms with Gasteiger partial charge < -0.3 is 19.7 Å². The first-order valence-corrected chi connectivity index (χ1v) is 11.4. The molecule has 1 amide bonds. The lowest BCUT2D eigenvalue weighted by Crippen LogP contribution is -2.58. The summed E-state index contributed by atoms with van der Waals surface area (Å²) in [6.07, 6.45) is 2.45. The lowest BCUT2D eigenvalue weighted by atomic mass is 9.86. The molecule has 1 aliphatic carbocycles. The number of rotatable bonds is 3. The number of azide groups is 1. The molecule has 1 spiro atoms. The third kappa shape index (κ3) is 3.74. The Bertz CT molecular complexity index is 1080. The number of amides is 1. The molecule has 2 fully saturated rings. The van der Waals surface area contributed by atoms with Gasteiger partial charge in [-0.1, -0.05) is 16.5 Å². The molecule has 2 atom stereocenters. The molecule has 3 aliphatic rings. The van der Waals surface area contributed by atoms with Crippen LogP contribution >= 0.6 is 11.3 Å². The maximum atomic E-state index is 12.7. The standard InChI is InChI=1S/C21H26N6O3S/c1-20(2,3)30-19(28)27-10-13(25-26-22)17(21(11-27)7-8-21)24-18-23-16-12-6-9-29-14(12)4-5-15(16)31-18/h4-5,13,17H,6-11H2,1-3H3,(H,23,24)/t13-,17+/m1/s1. The van der Waals surface area contributed by atoms with E-state index in [0.717, 1.165) is 45.9 Å². The average Bonchev–Trinajstić information content (AvgIpc) is 3.12. The minimum Gasteiger partial charge on any atom is -0.493 e. The number of hydrogen-bond acceptors (Lipinski definition) is 7. The molecule has 0 unspecified atom stereocenters. The van der Waals surface area contributed by atoms with Gasteiger partial charge in [-0.3, -0.25) is 0 Å². The summed E-state index contributed by atoms with van der Waals surface area (Å²) in [6, 6.07) is 3.59. The minimum absolute atomic E-state index is 0.0769. The summed E-state index contributed by atoms with van der Waals surface area (Å²) < 4.78 is 12.4. The first-order chi connectivity index (χ1) is 14.8. The van der Waals surface area contributed by atoms with Crippen LogP contribution in [0, 0.1) is 5.41 Å². The highest BCUT2D eigenvalue weighted by molar-refractivity contribution is 7.22. The fourth-order valence-electron chi connectivity index (χ4n) is 4.66. The Morgan fingerprint density at radius 2 is 2.26 bits per heavy atom. The zero-order valence-electron chi connectivity index (χ0n) is 17.9. The molecule has 10 heteroatoms. The molecule has 0 bridgehead atoms. The highest BCUT2D eigenvalue weighted by Crippen LogP contribution is 2.54. The normalized spacial score (nSPS) is 23.8. The van der Waals surface area contributed by atoms with Gasteiger partial charge in [-0.15, -0.1) is 0 Å². The van der Waals surface area contributed by atoms with Crippen molar-refractivity contribution in [3.63, 3.8) is 0 Å². The second kappa shape index (κ2) is 7.17. The molecule has 0 radical (unpaired) electrons. The van der Waals surface area contributed by atoms with Gasteiger partial charge in [0.25, 0.3) is 0 Å². The molecule has 1 aromatic heterocycles. The summed E-state index contributed by atoms with van der Waals surface area (Å²) in [5, 5.41) is 8.46. The van der Waals surface area contributed by atoms with E-state index in [9.17, 15) is 10.3 Å². The maximum absolute atomic E-state index is 12.7. The Hall–Kier alpha value is -2.71. The lowest BCUT2D eigenvalue weighted by molar-refractivity contribution is 0.0109. The van der Waals surface area contributed by atoms with Crippen molar-refractivity contribution >= 4 is 32.8 Å². The first-order valence-electron chi connectivity index (χ1n) is 10.6. The zero-order valence-corrected chi connectivity index (χ0v) is 18.7. The van der Waals surface area contributed by atoms with Crippen molar-refractivity contribution in [2.24, 2.45) is 10.5 Å². The number of piperidine rings is 1. The van der Waals surface area contributed by atoms with Crippen LogP contribution in [-0.2, 0) is 11.2 Å². The third-order valence-corrected chi connectivity index (χ3v) is 7.16. The third-order valence-electron chi connectivity index (χ3n) is 6.21. The second-order valence-corrected chi connectivity index (χ2v) is 10.7. The molecule has 1 saturated carbocycles. The van der Waals surface area contributed by atoms with Gasteiger partial charge in [-0.2, -0.15) is 0 Å². The molecule has 164 valence electrons. The number of likely N-dealkylation sites (tertiary alicyclic amines) is 1. The molecule has 2 aliphatic heterocycles. The number of aromatic nitrogens is 1. The number of hydrogen-bond donors (Lipinski definition) is 1. The van der Waals surface area contributed by atoms with Crippen LogP contribution in [0.1, 0.15) is 39.2 Å². The molecular weight excluding hydrogens is 416 g/mol. The first kappa shape index (κ1) is 20.2. The summed E-state index contributed by atoms with van der Waals surface area (Å²) in [7, 11) is 0. The van der Waals surface area contributed by atoms with E-state index in [-0.39, 0.29) is 17.6 Å². The van der Waals surface area contributed by atoms with Crippen LogP contribution in [0.2, 0.25) is 0 Å². The van der Waals surface area contributed by atoms with Crippen molar-refractivity contribution in [2.75, 3.05) is 25.0 Å². The smallest absolute Gasteiger partial charge is 0.410 e. The molecule has 5 rings (SSSR count). The van der Waals surface area contributed by atoms with Gasteiger partial charge in [0.05, 0.1) is 22.9 Å². The highest BCUT2D eigenvalue weighted by Gasteiger charge is 2.57. The van der Waals surface area contributed by atoms with Crippen LogP contribution in [0.5, 0.6) is 5.75 Å². The van der Waals surface area contributed by atoms with Crippen molar-refractivity contribution < 1.29 is 14.3 Å². The van der Waals surface area contributed by atoms with Crippen molar-refractivity contribution in [3.8, 4) is 5.75 Å². The Morgan fingerprint density at radius 3 is 2.97 bits per heavy atom. The van der Waals surface area contributed by atoms with Gasteiger partial charge in [0, 0.05) is 41.4 Å². The van der Waals surface area contributed by atoms with Gasteiger partial charge in [0.15, 0.2) is 5.13 Å². The van der Waals surface area contributed by atoms with Gasteiger partial charge in [-0.05, 0) is 51.3 Å². The molecule has 2 aromatic rings. The van der Waals surface area contributed by atoms with Crippen LogP contribution < -0.4 is 10.1 Å². The van der Waals surface area contributed by atoms with E-state index < -0.39 is 11.6 Å². The number of benzene rings is 1. The van der Waals surface area contributed by atoms with Crippen LogP contribution in [0.4, 0.5) is 9.93 Å². The fourth-order valence-corrected chi connectivity index (χ4v) is 5.59. The van der Waals surface area contributed by atoms with Crippen LogP contribution in [0.3, 0.4) is 0 Å². The molecule has 3 heterocycles. The summed E-state index contributed by atoms with van der Waals surface area (Å²) in [6.45, 7) is 7.17. The molecule has 1 aromatic carbocycles. The topological polar surface area (TPSA) is 112 Å². The molecule has 31 heavy (non-hydrogen) atoms. The maximum Gasteiger partial charge on any atom is 0.410 e. The molecule has 1 N–H and O–H groups in total. The second-order valence-electron chi connectivity index (χ2n) is 9.62. The van der Waals surface area contributed by atoms with Gasteiger partial charge >= 0.3 is 6.09 Å². The quantitative estimate of drug-likeness (QED) is 0.420. The largest absolute Gasteiger partial charge is 0.493 e. The number of nitrogens with one attached hydrogen (secondary N) is 1. The Balaban J connectivity index is 1.41. The predicted octanol–water partition coefficient (Wildman–Crippen LogP) is 4.72. The Morgan fingerprint density at radius 1 is 1.45 bits per heavy atom. The molecule has 1 saturated heterocycles. The van der Waals surface area contributed by atoms with Gasteiger partial charge in [0.2, 0.25) is 0 Å². The summed E-state index contributed by atoms with van der Waals surface area (Å²) in [5.74, 6) is 0.917. The summed E-state index contributed by atoms with van der Waals surface area (Å²) >= 11 is 1.60. The number of nitrogens with zero attached hydrogens (tertiary/aromatic N) is 5. The SMILES string of the molecule is CC(C)(C)OC(=O)N1C[C@@H](N=[N+]=[N-])[C@H](Nc2nc3c4c(ccc3s2)OCC4)C2(CC2)C1. The van der Waals surface area contributed by atoms with Crippen LogP contribution in [0.15, 0.2) is 17.2 Å². The van der Waals surface area contributed by atoms with Gasteiger partial charge in [-0.25, -0.2) is 9.78 Å². The lowest BCUT2D eigenvalue weighted by Gasteiger charge is -2.43. The molecular formula is C21H26N6O3S. The summed E-state index contributed by atoms with van der Waals surface area (Å²) in [5.41, 5.74) is 10.6. The number of fused-ring (bicyclic) bond motifs is 3. The predicted molar refractivity (Wildman–Crippen MR) is 119 cm³/mol. The monoisotopic (exact) mass is 442 g/mol. The zero-order chi connectivity index (χ0) is 21.8. The molecule has 9 nitrogen and oxygen atoms in total. The van der Waals surface area contributed by atoms with Crippen molar-refractivity contribution in [1.82, 2.24) is 9.88 Å². The summed E-state index contributed by atoms with van der Waals surface area (Å²) in [4.78, 5) is 22.3. The average molecular weight is 443 g/mol. The van der Waals surface area contributed by atoms with E-state index >= 15 is 0 Å². The van der Waals surface area contributed by atoms with E-state index in [1.165, 1.54) is 0 Å².